The SMILES string of the molecule is CCC(C)NC(=O)c1cncc(-c2ccc(Oc3ccccc3)cc2)c1. The van der Waals surface area contributed by atoms with Crippen molar-refractivity contribution in [1.82, 2.24) is 10.3 Å². The van der Waals surface area contributed by atoms with E-state index < -0.39 is 0 Å². The lowest BCUT2D eigenvalue weighted by molar-refractivity contribution is 0.0939. The predicted molar refractivity (Wildman–Crippen MR) is 103 cm³/mol. The van der Waals surface area contributed by atoms with Gasteiger partial charge >= 0.3 is 0 Å². The third kappa shape index (κ3) is 4.48. The number of nitrogens with zero attached hydrogens (tertiary/aromatic N) is 1. The van der Waals surface area contributed by atoms with E-state index in [0.717, 1.165) is 29.0 Å². The zero-order valence-electron chi connectivity index (χ0n) is 15.0. The second kappa shape index (κ2) is 8.30. The summed E-state index contributed by atoms with van der Waals surface area (Å²) in [6.07, 6.45) is 4.24. The van der Waals surface area contributed by atoms with Gasteiger partial charge in [0, 0.05) is 24.0 Å². The largest absolute Gasteiger partial charge is 0.457 e. The molecule has 0 fully saturated rings. The number of rotatable bonds is 6. The normalized spacial score (nSPS) is 11.6. The Balaban J connectivity index is 1.75. The number of hydrogen-bond donors (Lipinski definition) is 1. The van der Waals surface area contributed by atoms with Crippen molar-refractivity contribution in [3.63, 3.8) is 0 Å². The van der Waals surface area contributed by atoms with E-state index in [-0.39, 0.29) is 11.9 Å². The van der Waals surface area contributed by atoms with Crippen LogP contribution >= 0.6 is 0 Å². The highest BCUT2D eigenvalue weighted by Crippen LogP contribution is 2.25. The maximum Gasteiger partial charge on any atom is 0.253 e. The van der Waals surface area contributed by atoms with E-state index in [2.05, 4.69) is 10.3 Å². The molecule has 0 bridgehead atoms. The van der Waals surface area contributed by atoms with Gasteiger partial charge in [0.15, 0.2) is 0 Å². The first-order valence-corrected chi connectivity index (χ1v) is 8.75. The summed E-state index contributed by atoms with van der Waals surface area (Å²) in [6, 6.07) is 19.4. The van der Waals surface area contributed by atoms with Crippen molar-refractivity contribution in [2.75, 3.05) is 0 Å². The highest BCUT2D eigenvalue weighted by atomic mass is 16.5. The van der Waals surface area contributed by atoms with Crippen LogP contribution in [-0.4, -0.2) is 16.9 Å². The van der Waals surface area contributed by atoms with Gasteiger partial charge in [-0.25, -0.2) is 0 Å². The highest BCUT2D eigenvalue weighted by molar-refractivity contribution is 5.95. The molecule has 0 aliphatic carbocycles. The van der Waals surface area contributed by atoms with Gasteiger partial charge in [-0.15, -0.1) is 0 Å². The van der Waals surface area contributed by atoms with Gasteiger partial charge in [0.2, 0.25) is 0 Å². The third-order valence-corrected chi connectivity index (χ3v) is 4.16. The number of ether oxygens (including phenoxy) is 1. The minimum absolute atomic E-state index is 0.0993. The Labute approximate surface area is 153 Å². The van der Waals surface area contributed by atoms with E-state index in [1.165, 1.54) is 0 Å². The summed E-state index contributed by atoms with van der Waals surface area (Å²) in [6.45, 7) is 4.03. The molecule has 1 amide bonds. The van der Waals surface area contributed by atoms with Crippen molar-refractivity contribution in [2.45, 2.75) is 26.3 Å². The first-order valence-electron chi connectivity index (χ1n) is 8.75. The molecule has 2 aromatic carbocycles. The summed E-state index contributed by atoms with van der Waals surface area (Å²) in [5.74, 6) is 1.46. The van der Waals surface area contributed by atoms with Crippen LogP contribution in [0.1, 0.15) is 30.6 Å². The smallest absolute Gasteiger partial charge is 0.253 e. The van der Waals surface area contributed by atoms with Crippen LogP contribution < -0.4 is 10.1 Å². The fourth-order valence-corrected chi connectivity index (χ4v) is 2.47. The number of para-hydroxylation sites is 1. The summed E-state index contributed by atoms with van der Waals surface area (Å²) in [5.41, 5.74) is 2.44. The Hall–Kier alpha value is -3.14. The summed E-state index contributed by atoms with van der Waals surface area (Å²) in [5, 5.41) is 2.96. The zero-order chi connectivity index (χ0) is 18.4. The van der Waals surface area contributed by atoms with Crippen LogP contribution in [0, 0.1) is 0 Å². The van der Waals surface area contributed by atoms with E-state index >= 15 is 0 Å². The molecule has 3 rings (SSSR count). The molecule has 26 heavy (non-hydrogen) atoms. The second-order valence-electron chi connectivity index (χ2n) is 6.18. The van der Waals surface area contributed by atoms with Gasteiger partial charge in [0.25, 0.3) is 5.91 Å². The molecular formula is C22H22N2O2. The molecule has 1 aromatic heterocycles. The third-order valence-electron chi connectivity index (χ3n) is 4.16. The Bertz CT molecular complexity index is 861. The lowest BCUT2D eigenvalue weighted by atomic mass is 10.1. The van der Waals surface area contributed by atoms with Crippen molar-refractivity contribution in [3.8, 4) is 22.6 Å². The van der Waals surface area contributed by atoms with Crippen LogP contribution in [0.25, 0.3) is 11.1 Å². The maximum atomic E-state index is 12.3. The van der Waals surface area contributed by atoms with E-state index in [9.17, 15) is 4.79 Å². The van der Waals surface area contributed by atoms with Gasteiger partial charge in [-0.1, -0.05) is 37.3 Å². The van der Waals surface area contributed by atoms with Gasteiger partial charge in [0.05, 0.1) is 5.56 Å². The maximum absolute atomic E-state index is 12.3. The van der Waals surface area contributed by atoms with Crippen molar-refractivity contribution in [1.29, 1.82) is 0 Å². The fraction of sp³-hybridized carbons (Fsp3) is 0.182. The zero-order valence-corrected chi connectivity index (χ0v) is 15.0. The topological polar surface area (TPSA) is 51.2 Å². The van der Waals surface area contributed by atoms with E-state index in [4.69, 9.17) is 4.74 Å². The number of benzene rings is 2. The molecule has 1 unspecified atom stereocenters. The van der Waals surface area contributed by atoms with Gasteiger partial charge in [-0.2, -0.15) is 0 Å². The molecule has 132 valence electrons. The molecule has 4 heteroatoms. The molecule has 0 saturated carbocycles. The number of carbonyl (C=O) groups excluding carboxylic acids is 1. The monoisotopic (exact) mass is 346 g/mol. The molecular weight excluding hydrogens is 324 g/mol. The van der Waals surface area contributed by atoms with Crippen LogP contribution in [-0.2, 0) is 0 Å². The number of aromatic nitrogens is 1. The first kappa shape index (κ1) is 17.7. The Morgan fingerprint density at radius 3 is 2.38 bits per heavy atom. The molecule has 1 N–H and O–H groups in total. The van der Waals surface area contributed by atoms with Gasteiger partial charge < -0.3 is 10.1 Å². The number of carbonyl (C=O) groups is 1. The van der Waals surface area contributed by atoms with Gasteiger partial charge in [-0.3, -0.25) is 9.78 Å². The average molecular weight is 346 g/mol. The van der Waals surface area contributed by atoms with E-state index in [0.29, 0.717) is 5.56 Å². The number of nitrogens with one attached hydrogen (secondary N) is 1. The molecule has 0 spiro atoms. The molecule has 0 aliphatic rings. The van der Waals surface area contributed by atoms with Crippen LogP contribution in [0.2, 0.25) is 0 Å². The summed E-state index contributed by atoms with van der Waals surface area (Å²) < 4.78 is 5.81. The van der Waals surface area contributed by atoms with E-state index in [1.54, 1.807) is 12.4 Å². The van der Waals surface area contributed by atoms with Crippen molar-refractivity contribution >= 4 is 5.91 Å². The molecule has 0 saturated heterocycles. The van der Waals surface area contributed by atoms with Gasteiger partial charge in [0.1, 0.15) is 11.5 Å². The van der Waals surface area contributed by atoms with Crippen LogP contribution in [0.15, 0.2) is 73.1 Å². The van der Waals surface area contributed by atoms with Crippen LogP contribution in [0.4, 0.5) is 0 Å². The van der Waals surface area contributed by atoms with Crippen molar-refractivity contribution < 1.29 is 9.53 Å². The Morgan fingerprint density at radius 1 is 1.00 bits per heavy atom. The number of hydrogen-bond acceptors (Lipinski definition) is 3. The number of pyridine rings is 1. The minimum atomic E-state index is -0.0993. The number of amides is 1. The fourth-order valence-electron chi connectivity index (χ4n) is 2.47. The lowest BCUT2D eigenvalue weighted by Crippen LogP contribution is -2.31. The summed E-state index contributed by atoms with van der Waals surface area (Å²) in [7, 11) is 0. The quantitative estimate of drug-likeness (QED) is 0.678. The standard InChI is InChI=1S/C22H22N2O2/c1-3-16(2)24-22(25)19-13-18(14-23-15-19)17-9-11-21(12-10-17)26-20-7-5-4-6-8-20/h4-16H,3H2,1-2H3,(H,24,25). The second-order valence-corrected chi connectivity index (χ2v) is 6.18. The Morgan fingerprint density at radius 2 is 1.69 bits per heavy atom. The Kier molecular flexibility index (Phi) is 5.64. The molecule has 3 aromatic rings. The molecule has 1 heterocycles. The minimum Gasteiger partial charge on any atom is -0.457 e. The predicted octanol–water partition coefficient (Wildman–Crippen LogP) is 5.07. The molecule has 0 aliphatic heterocycles. The summed E-state index contributed by atoms with van der Waals surface area (Å²) >= 11 is 0. The van der Waals surface area contributed by atoms with Crippen molar-refractivity contribution in [2.24, 2.45) is 0 Å². The van der Waals surface area contributed by atoms with Crippen LogP contribution in [0.5, 0.6) is 11.5 Å². The molecule has 0 radical (unpaired) electrons. The molecule has 4 nitrogen and oxygen atoms in total. The van der Waals surface area contributed by atoms with E-state index in [1.807, 2.05) is 74.5 Å². The molecule has 1 atom stereocenters. The first-order chi connectivity index (χ1) is 12.7. The van der Waals surface area contributed by atoms with Crippen molar-refractivity contribution in [3.05, 3.63) is 78.6 Å². The van der Waals surface area contributed by atoms with Crippen LogP contribution in [0.3, 0.4) is 0 Å². The highest BCUT2D eigenvalue weighted by Gasteiger charge is 2.10. The summed E-state index contributed by atoms with van der Waals surface area (Å²) in [4.78, 5) is 16.5. The average Bonchev–Trinajstić information content (AvgIpc) is 2.69. The van der Waals surface area contributed by atoms with Gasteiger partial charge in [-0.05, 0) is 49.2 Å². The lowest BCUT2D eigenvalue weighted by Gasteiger charge is -2.12.